The van der Waals surface area contributed by atoms with Gasteiger partial charge in [0.1, 0.15) is 0 Å². The summed E-state index contributed by atoms with van der Waals surface area (Å²) in [6.07, 6.45) is 8.23. The Morgan fingerprint density at radius 3 is 0.873 bits per heavy atom. The number of para-hydroxylation sites is 7. The molecule has 1 saturated heterocycles. The van der Waals surface area contributed by atoms with E-state index in [1.807, 2.05) is 30.3 Å². The minimum atomic E-state index is -0.0598. The Hall–Kier alpha value is -9.44. The Balaban J connectivity index is 0.000000195. The van der Waals surface area contributed by atoms with Crippen LogP contribution in [0.3, 0.4) is 0 Å². The van der Waals surface area contributed by atoms with E-state index in [4.69, 9.17) is 0 Å². The highest BCUT2D eigenvalue weighted by Crippen LogP contribution is 2.45. The molecule has 1 aliphatic rings. The molecule has 0 N–H and O–H groups in total. The normalized spacial score (nSPS) is 13.5. The molecule has 4 heterocycles. The van der Waals surface area contributed by atoms with Crippen molar-refractivity contribution < 1.29 is 0 Å². The molecule has 3 aromatic heterocycles. The maximum Gasteiger partial charge on any atom is 0.0576 e. The number of rotatable bonds is 12. The lowest BCUT2D eigenvalue weighted by Gasteiger charge is -2.55. The maximum absolute atomic E-state index is 2.68. The fourth-order valence-corrected chi connectivity index (χ4v) is 16.9. The molecule has 8 heteroatoms. The summed E-state index contributed by atoms with van der Waals surface area (Å²) in [6.45, 7) is 63.3. The van der Waals surface area contributed by atoms with E-state index in [1.54, 1.807) is 0 Å². The van der Waals surface area contributed by atoms with Gasteiger partial charge in [0.25, 0.3) is 0 Å². The Kier molecular flexibility index (Phi) is 34.5. The van der Waals surface area contributed by atoms with Crippen LogP contribution in [-0.4, -0.2) is 102 Å². The van der Waals surface area contributed by atoms with E-state index >= 15 is 0 Å². The monoisotopic (exact) mass is 1590 g/mol. The Morgan fingerprint density at radius 2 is 0.602 bits per heavy atom. The van der Waals surface area contributed by atoms with Gasteiger partial charge < -0.3 is 28.4 Å². The van der Waals surface area contributed by atoms with Crippen molar-refractivity contribution in [2.75, 3.05) is 30.9 Å². The number of nitrogens with zero attached hydrogens (tertiary/aromatic N) is 8. The SMILES string of the molecule is CC(C)(C)n1c2c(-c3ccccc3)cccc2c2cccc(-c3ccccc3)c21.CC(C)(C)n1c2ccccc2c2cccc(-c3ccccc3)c21.CC(C)(C)n1cccc1.CC(C)N(C(C)C)C(C)C.CC(C)N(C)c1ccccc1.CC(C)N(c1ccccc1)c1ccccc1.CC(C)N1C(C)(C)CCCC1(C)C.CN(C)C(C)(C)C. The quantitative estimate of drug-likeness (QED) is 0.122. The molecule has 632 valence electrons. The van der Waals surface area contributed by atoms with Gasteiger partial charge in [-0.3, -0.25) is 9.80 Å². The minimum absolute atomic E-state index is 0.0201. The van der Waals surface area contributed by atoms with Gasteiger partial charge in [-0.25, -0.2) is 0 Å². The summed E-state index contributed by atoms with van der Waals surface area (Å²) in [7, 11) is 6.28. The predicted octanol–water partition coefficient (Wildman–Crippen LogP) is 30.4. The van der Waals surface area contributed by atoms with Crippen LogP contribution < -0.4 is 9.80 Å². The second-order valence-electron chi connectivity index (χ2n) is 38.9. The zero-order valence-electron chi connectivity index (χ0n) is 78.8. The number of aromatic nitrogens is 3. The van der Waals surface area contributed by atoms with Crippen LogP contribution in [0.1, 0.15) is 213 Å². The third-order valence-corrected chi connectivity index (χ3v) is 22.5. The molecular formula is C110H152N8. The molecular weight excluding hydrogens is 1430 g/mol. The first-order valence-electron chi connectivity index (χ1n) is 43.7. The second-order valence-corrected chi connectivity index (χ2v) is 38.9. The average molecular weight is 1590 g/mol. The van der Waals surface area contributed by atoms with Crippen molar-refractivity contribution in [3.05, 3.63) is 285 Å². The molecule has 0 aliphatic carbocycles. The van der Waals surface area contributed by atoms with Crippen molar-refractivity contribution in [1.29, 1.82) is 0 Å². The van der Waals surface area contributed by atoms with E-state index in [0.29, 0.717) is 52.9 Å². The number of fused-ring (bicyclic) bond motifs is 6. The molecule has 0 radical (unpaired) electrons. The number of benzene rings is 10. The number of anilines is 3. The predicted molar refractivity (Wildman–Crippen MR) is 524 cm³/mol. The lowest BCUT2D eigenvalue weighted by atomic mass is 9.79. The minimum Gasteiger partial charge on any atom is -0.372 e. The van der Waals surface area contributed by atoms with Gasteiger partial charge in [0, 0.05) is 150 Å². The topological polar surface area (TPSA) is 31.0 Å². The van der Waals surface area contributed by atoms with Gasteiger partial charge in [0.05, 0.1) is 16.6 Å². The molecule has 13 aromatic rings. The lowest BCUT2D eigenvalue weighted by molar-refractivity contribution is -0.0508. The molecule has 0 bridgehead atoms. The van der Waals surface area contributed by atoms with Gasteiger partial charge in [-0.15, -0.1) is 0 Å². The first-order valence-corrected chi connectivity index (χ1v) is 43.7. The summed E-state index contributed by atoms with van der Waals surface area (Å²) >= 11 is 0. The number of likely N-dealkylation sites (tertiary alicyclic amines) is 1. The first kappa shape index (κ1) is 95.7. The fourth-order valence-electron chi connectivity index (χ4n) is 16.9. The van der Waals surface area contributed by atoms with Crippen LogP contribution in [0.4, 0.5) is 17.1 Å². The highest BCUT2D eigenvalue weighted by molar-refractivity contribution is 6.16. The van der Waals surface area contributed by atoms with Crippen molar-refractivity contribution in [2.45, 2.75) is 283 Å². The van der Waals surface area contributed by atoms with E-state index in [0.717, 1.165) is 0 Å². The van der Waals surface area contributed by atoms with Gasteiger partial charge in [-0.1, -0.05) is 218 Å². The van der Waals surface area contributed by atoms with E-state index in [-0.39, 0.29) is 16.6 Å². The highest BCUT2D eigenvalue weighted by Gasteiger charge is 2.42. The Labute approximate surface area is 716 Å². The molecule has 0 saturated carbocycles. The van der Waals surface area contributed by atoms with Crippen LogP contribution in [0.15, 0.2) is 285 Å². The fraction of sp³-hybridized carbons (Fsp3) is 0.418. The summed E-state index contributed by atoms with van der Waals surface area (Å²) in [5.74, 6) is 0. The number of hydrogen-bond donors (Lipinski definition) is 0. The van der Waals surface area contributed by atoms with E-state index < -0.39 is 0 Å². The molecule has 0 atom stereocenters. The van der Waals surface area contributed by atoms with Gasteiger partial charge in [0.15, 0.2) is 0 Å². The Bertz CT molecular complexity index is 4860. The molecule has 0 spiro atoms. The average Bonchev–Trinajstić information content (AvgIpc) is 1.57. The van der Waals surface area contributed by atoms with Crippen LogP contribution in [0.25, 0.3) is 77.0 Å². The van der Waals surface area contributed by atoms with Gasteiger partial charge in [0.2, 0.25) is 0 Å². The molecule has 8 nitrogen and oxygen atoms in total. The number of piperidine rings is 1. The summed E-state index contributed by atoms with van der Waals surface area (Å²) in [4.78, 5) is 12.0. The summed E-state index contributed by atoms with van der Waals surface area (Å²) in [5, 5.41) is 5.29. The molecule has 0 unspecified atom stereocenters. The van der Waals surface area contributed by atoms with Crippen LogP contribution in [-0.2, 0) is 16.6 Å². The van der Waals surface area contributed by atoms with Crippen LogP contribution in [0.5, 0.6) is 0 Å². The molecule has 1 fully saturated rings. The third kappa shape index (κ3) is 25.8. The molecule has 14 rings (SSSR count). The molecule has 0 amide bonds. The van der Waals surface area contributed by atoms with Crippen molar-refractivity contribution >= 4 is 60.7 Å². The van der Waals surface area contributed by atoms with E-state index in [2.05, 4.69) is 508 Å². The van der Waals surface area contributed by atoms with Crippen LogP contribution in [0, 0.1) is 0 Å². The van der Waals surface area contributed by atoms with E-state index in [9.17, 15) is 0 Å². The maximum atomic E-state index is 2.68. The summed E-state index contributed by atoms with van der Waals surface area (Å²) in [6, 6.07) is 100. The molecule has 10 aromatic carbocycles. The van der Waals surface area contributed by atoms with Crippen LogP contribution >= 0.6 is 0 Å². The zero-order chi connectivity index (χ0) is 87.3. The van der Waals surface area contributed by atoms with Crippen molar-refractivity contribution in [3.8, 4) is 33.4 Å². The lowest BCUT2D eigenvalue weighted by Crippen LogP contribution is -2.61. The molecule has 1 aliphatic heterocycles. The Morgan fingerprint density at radius 1 is 0.305 bits per heavy atom. The first-order chi connectivity index (χ1) is 55.4. The van der Waals surface area contributed by atoms with Gasteiger partial charge in [-0.05, 0) is 299 Å². The van der Waals surface area contributed by atoms with Crippen LogP contribution in [0.2, 0.25) is 0 Å². The molecule has 118 heavy (non-hydrogen) atoms. The standard InChI is InChI=1S/C28H25N.C22H21N.C15H17N.C12H25N.C10H15N.C9H21N.C8H13N.C6H15N/c1-28(2,3)29-26-22(20-12-6-4-7-13-20)16-10-18-24(26)25-19-11-17-23(27(25)29)21-14-8-5-9-15-21;1-22(2,3)23-20-15-8-7-12-18(20)19-14-9-13-17(21(19)23)16-10-5-4-6-11-16;1-13(2)16(14-9-5-3-6-10-14)15-11-7-4-8-12-15;1-10(2)13-11(3,4)8-7-9-12(13,5)6;1-9(2)11(3)10-7-5-4-6-8-10;1-7(2)10(8(3)4)9(5)6;1-8(2,3)9-6-4-5-7-9;1-6(2,3)7(4)5/h4-19H,1-3H3;4-15H,1-3H3;3-13H,1-2H3;10H,7-9H2,1-6H3;4-9H,1-3H3;7-9H,1-6H3;4-7H,1-3H3;1-5H3. The summed E-state index contributed by atoms with van der Waals surface area (Å²) in [5.41, 5.74) is 18.0. The van der Waals surface area contributed by atoms with Crippen molar-refractivity contribution in [1.82, 2.24) is 28.4 Å². The largest absolute Gasteiger partial charge is 0.372 e. The number of hydrogen-bond acceptors (Lipinski definition) is 5. The second kappa shape index (κ2) is 42.5. The van der Waals surface area contributed by atoms with E-state index in [1.165, 1.54) is 113 Å². The highest BCUT2D eigenvalue weighted by atomic mass is 15.3. The van der Waals surface area contributed by atoms with Gasteiger partial charge in [-0.2, -0.15) is 0 Å². The summed E-state index contributed by atoms with van der Waals surface area (Å²) < 4.78 is 7.22. The van der Waals surface area contributed by atoms with Gasteiger partial charge >= 0.3 is 0 Å². The zero-order valence-corrected chi connectivity index (χ0v) is 78.8. The third-order valence-electron chi connectivity index (χ3n) is 22.5. The van der Waals surface area contributed by atoms with Crippen molar-refractivity contribution in [2.24, 2.45) is 0 Å². The smallest absolute Gasteiger partial charge is 0.0576 e. The van der Waals surface area contributed by atoms with Crippen molar-refractivity contribution in [3.63, 3.8) is 0 Å².